The minimum absolute atomic E-state index is 0.276. The highest BCUT2D eigenvalue weighted by atomic mass is 35.5. The molecule has 0 amide bonds. The van der Waals surface area contributed by atoms with Gasteiger partial charge in [0.25, 0.3) is 0 Å². The van der Waals surface area contributed by atoms with Gasteiger partial charge in [-0.05, 0) is 18.4 Å². The molecular weight excluding hydrogens is 260 g/mol. The number of nitrogen functional groups attached to an aromatic ring is 1. The predicted molar refractivity (Wildman–Crippen MR) is 69.7 cm³/mol. The number of methoxy groups -OCH3 is 1. The van der Waals surface area contributed by atoms with Crippen LogP contribution >= 0.6 is 23.4 Å². The third-order valence-corrected chi connectivity index (χ3v) is 3.28. The van der Waals surface area contributed by atoms with Crippen LogP contribution in [0.5, 0.6) is 5.75 Å². The molecule has 6 heteroatoms. The molecule has 90 valence electrons. The van der Waals surface area contributed by atoms with E-state index in [1.54, 1.807) is 31.0 Å². The predicted octanol–water partition coefficient (Wildman–Crippen LogP) is 3.31. The minimum atomic E-state index is 0.276. The zero-order chi connectivity index (χ0) is 12.4. The highest BCUT2D eigenvalue weighted by Crippen LogP contribution is 2.38. The molecule has 0 bridgehead atoms. The lowest BCUT2D eigenvalue weighted by atomic mass is 10.1. The van der Waals surface area contributed by atoms with E-state index in [0.717, 1.165) is 10.5 Å². The van der Waals surface area contributed by atoms with Crippen LogP contribution in [0.25, 0.3) is 11.3 Å². The number of rotatable bonds is 3. The standard InChI is InChI=1S/C11H11ClN2O2S/c1-15-11-7(12)3-6(4-9(11)17-2)8-5-10(13)16-14-8/h3-5H,13H2,1-2H3. The molecule has 0 aliphatic carbocycles. The average molecular weight is 271 g/mol. The Labute approximate surface area is 108 Å². The Kier molecular flexibility index (Phi) is 3.49. The van der Waals surface area contributed by atoms with E-state index in [-0.39, 0.29) is 5.88 Å². The number of nitrogens with zero attached hydrogens (tertiary/aromatic N) is 1. The van der Waals surface area contributed by atoms with E-state index in [1.807, 2.05) is 12.3 Å². The van der Waals surface area contributed by atoms with Crippen LogP contribution < -0.4 is 10.5 Å². The number of benzene rings is 1. The van der Waals surface area contributed by atoms with Gasteiger partial charge in [0.15, 0.2) is 5.75 Å². The van der Waals surface area contributed by atoms with Crippen molar-refractivity contribution in [1.82, 2.24) is 5.16 Å². The fourth-order valence-corrected chi connectivity index (χ4v) is 2.47. The smallest absolute Gasteiger partial charge is 0.222 e. The molecule has 17 heavy (non-hydrogen) atoms. The molecule has 0 atom stereocenters. The largest absolute Gasteiger partial charge is 0.494 e. The molecule has 1 aromatic heterocycles. The Morgan fingerprint density at radius 2 is 2.18 bits per heavy atom. The van der Waals surface area contributed by atoms with Crippen LogP contribution in [0.3, 0.4) is 0 Å². The van der Waals surface area contributed by atoms with Gasteiger partial charge in [0, 0.05) is 11.6 Å². The molecule has 1 heterocycles. The lowest BCUT2D eigenvalue weighted by Crippen LogP contribution is -1.89. The second-order valence-electron chi connectivity index (χ2n) is 3.31. The van der Waals surface area contributed by atoms with Crippen LogP contribution in [0, 0.1) is 0 Å². The highest BCUT2D eigenvalue weighted by molar-refractivity contribution is 7.98. The summed E-state index contributed by atoms with van der Waals surface area (Å²) < 4.78 is 10.1. The zero-order valence-corrected chi connectivity index (χ0v) is 10.9. The first kappa shape index (κ1) is 12.1. The molecule has 1 aromatic carbocycles. The fourth-order valence-electron chi connectivity index (χ4n) is 1.49. The molecule has 0 saturated carbocycles. The molecule has 0 fully saturated rings. The van der Waals surface area contributed by atoms with Crippen molar-refractivity contribution in [2.24, 2.45) is 0 Å². The molecule has 0 saturated heterocycles. The first-order valence-electron chi connectivity index (χ1n) is 4.79. The maximum Gasteiger partial charge on any atom is 0.222 e. The maximum absolute atomic E-state index is 6.14. The number of nitrogens with two attached hydrogens (primary N) is 1. The third kappa shape index (κ3) is 2.35. The van der Waals surface area contributed by atoms with Crippen LogP contribution in [-0.2, 0) is 0 Å². The van der Waals surface area contributed by atoms with E-state index in [2.05, 4.69) is 5.16 Å². The monoisotopic (exact) mass is 270 g/mol. The molecule has 0 spiro atoms. The molecule has 0 radical (unpaired) electrons. The SMILES string of the molecule is COc1c(Cl)cc(-c2cc(N)on2)cc1SC. The molecule has 4 nitrogen and oxygen atoms in total. The van der Waals surface area contributed by atoms with Crippen molar-refractivity contribution in [1.29, 1.82) is 0 Å². The lowest BCUT2D eigenvalue weighted by Gasteiger charge is -2.09. The molecule has 2 rings (SSSR count). The summed E-state index contributed by atoms with van der Waals surface area (Å²) in [6.45, 7) is 0. The summed E-state index contributed by atoms with van der Waals surface area (Å²) in [6, 6.07) is 5.37. The van der Waals surface area contributed by atoms with Crippen molar-refractivity contribution >= 4 is 29.2 Å². The van der Waals surface area contributed by atoms with Gasteiger partial charge in [0.1, 0.15) is 5.69 Å². The van der Waals surface area contributed by atoms with Gasteiger partial charge >= 0.3 is 0 Å². The Morgan fingerprint density at radius 3 is 2.71 bits per heavy atom. The van der Waals surface area contributed by atoms with E-state index in [9.17, 15) is 0 Å². The van der Waals surface area contributed by atoms with E-state index in [0.29, 0.717) is 16.5 Å². The molecule has 2 aromatic rings. The van der Waals surface area contributed by atoms with Crippen molar-refractivity contribution in [3.05, 3.63) is 23.2 Å². The number of ether oxygens (including phenoxy) is 1. The summed E-state index contributed by atoms with van der Waals surface area (Å²) in [5.74, 6) is 0.942. The van der Waals surface area contributed by atoms with Gasteiger partial charge in [-0.3, -0.25) is 0 Å². The van der Waals surface area contributed by atoms with Gasteiger partial charge in [-0.25, -0.2) is 0 Å². The molecule has 0 aliphatic heterocycles. The number of aromatic nitrogens is 1. The number of anilines is 1. The average Bonchev–Trinajstić information content (AvgIpc) is 2.74. The number of halogens is 1. The van der Waals surface area contributed by atoms with Crippen LogP contribution in [0.15, 0.2) is 27.6 Å². The summed E-state index contributed by atoms with van der Waals surface area (Å²) in [6.07, 6.45) is 1.95. The normalized spacial score (nSPS) is 10.5. The van der Waals surface area contributed by atoms with Gasteiger partial charge in [0.05, 0.1) is 17.0 Å². The van der Waals surface area contributed by atoms with Crippen LogP contribution in [-0.4, -0.2) is 18.5 Å². The number of hydrogen-bond acceptors (Lipinski definition) is 5. The van der Waals surface area contributed by atoms with E-state index >= 15 is 0 Å². The van der Waals surface area contributed by atoms with E-state index in [4.69, 9.17) is 26.6 Å². The lowest BCUT2D eigenvalue weighted by molar-refractivity contribution is 0.405. The van der Waals surface area contributed by atoms with Crippen LogP contribution in [0.4, 0.5) is 5.88 Å². The van der Waals surface area contributed by atoms with E-state index < -0.39 is 0 Å². The first-order chi connectivity index (χ1) is 8.15. The van der Waals surface area contributed by atoms with Crippen molar-refractivity contribution < 1.29 is 9.26 Å². The quantitative estimate of drug-likeness (QED) is 0.867. The minimum Gasteiger partial charge on any atom is -0.494 e. The Balaban J connectivity index is 2.53. The van der Waals surface area contributed by atoms with Gasteiger partial charge in [-0.1, -0.05) is 16.8 Å². The van der Waals surface area contributed by atoms with Gasteiger partial charge in [-0.15, -0.1) is 11.8 Å². The summed E-state index contributed by atoms with van der Waals surface area (Å²) in [7, 11) is 1.59. The second kappa shape index (κ2) is 4.89. The molecular formula is C11H11ClN2O2S. The molecule has 2 N–H and O–H groups in total. The van der Waals surface area contributed by atoms with Crippen molar-refractivity contribution in [2.75, 3.05) is 19.1 Å². The van der Waals surface area contributed by atoms with Gasteiger partial charge < -0.3 is 15.0 Å². The molecule has 0 unspecified atom stereocenters. The summed E-state index contributed by atoms with van der Waals surface area (Å²) >= 11 is 7.69. The Hall–Kier alpha value is -1.33. The zero-order valence-electron chi connectivity index (χ0n) is 9.36. The second-order valence-corrected chi connectivity index (χ2v) is 4.56. The topological polar surface area (TPSA) is 61.3 Å². The van der Waals surface area contributed by atoms with E-state index in [1.165, 1.54) is 0 Å². The summed E-state index contributed by atoms with van der Waals surface area (Å²) in [5, 5.41) is 4.39. The fraction of sp³-hybridized carbons (Fsp3) is 0.182. The van der Waals surface area contributed by atoms with Crippen molar-refractivity contribution in [2.45, 2.75) is 4.90 Å². The summed E-state index contributed by atoms with van der Waals surface area (Å²) in [4.78, 5) is 0.941. The maximum atomic E-state index is 6.14. The summed E-state index contributed by atoms with van der Waals surface area (Å²) in [5.41, 5.74) is 6.99. The first-order valence-corrected chi connectivity index (χ1v) is 6.40. The molecule has 0 aliphatic rings. The van der Waals surface area contributed by atoms with Crippen molar-refractivity contribution in [3.8, 4) is 17.0 Å². The van der Waals surface area contributed by atoms with Gasteiger partial charge in [-0.2, -0.15) is 0 Å². The van der Waals surface area contributed by atoms with Crippen LogP contribution in [0.2, 0.25) is 5.02 Å². The highest BCUT2D eigenvalue weighted by Gasteiger charge is 2.12. The Bertz CT molecular complexity index is 542. The number of hydrogen-bond donors (Lipinski definition) is 1. The van der Waals surface area contributed by atoms with Crippen molar-refractivity contribution in [3.63, 3.8) is 0 Å². The Morgan fingerprint density at radius 1 is 1.41 bits per heavy atom. The van der Waals surface area contributed by atoms with Crippen LogP contribution in [0.1, 0.15) is 0 Å². The van der Waals surface area contributed by atoms with Gasteiger partial charge in [0.2, 0.25) is 5.88 Å². The number of thioether (sulfide) groups is 1. The third-order valence-electron chi connectivity index (χ3n) is 2.26.